The van der Waals surface area contributed by atoms with E-state index in [0.717, 1.165) is 39.5 Å². The third kappa shape index (κ3) is 3.37. The zero-order valence-electron chi connectivity index (χ0n) is 22.8. The molecule has 4 aromatic carbocycles. The van der Waals surface area contributed by atoms with Gasteiger partial charge in [0.15, 0.2) is 0 Å². The van der Waals surface area contributed by atoms with Crippen LogP contribution in [0.25, 0.3) is 61.4 Å². The number of hydrogen-bond donors (Lipinski definition) is 0. The van der Waals surface area contributed by atoms with E-state index in [4.69, 9.17) is 4.42 Å². The van der Waals surface area contributed by atoms with E-state index in [9.17, 15) is 0 Å². The van der Waals surface area contributed by atoms with E-state index < -0.39 is 0 Å². The molecule has 42 heavy (non-hydrogen) atoms. The fourth-order valence-electron chi connectivity index (χ4n) is 7.06. The summed E-state index contributed by atoms with van der Waals surface area (Å²) in [5.41, 5.74) is 9.79. The molecule has 0 saturated carbocycles. The third-order valence-electron chi connectivity index (χ3n) is 8.89. The van der Waals surface area contributed by atoms with Crippen LogP contribution in [-0.2, 0) is 0 Å². The molecule has 2 aliphatic rings. The van der Waals surface area contributed by atoms with Crippen LogP contribution in [-0.4, -0.2) is 9.55 Å². The number of hydrogen-bond acceptors (Lipinski definition) is 2. The van der Waals surface area contributed by atoms with Crippen LogP contribution in [0.1, 0.15) is 23.0 Å². The fourth-order valence-corrected chi connectivity index (χ4v) is 7.06. The number of furan rings is 1. The molecular weight excluding hydrogens is 512 g/mol. The molecule has 3 nitrogen and oxygen atoms in total. The van der Waals surface area contributed by atoms with Crippen molar-refractivity contribution in [1.82, 2.24) is 9.55 Å². The fraction of sp³-hybridized carbons (Fsp3) is 0.0513. The van der Waals surface area contributed by atoms with Crippen LogP contribution in [0.2, 0.25) is 0 Å². The first-order valence-corrected chi connectivity index (χ1v) is 14.5. The first-order valence-electron chi connectivity index (χ1n) is 14.5. The summed E-state index contributed by atoms with van der Waals surface area (Å²) >= 11 is 0. The van der Waals surface area contributed by atoms with Crippen LogP contribution in [0.15, 0.2) is 150 Å². The van der Waals surface area contributed by atoms with Crippen LogP contribution >= 0.6 is 0 Å². The molecule has 3 heteroatoms. The van der Waals surface area contributed by atoms with Gasteiger partial charge in [-0.2, -0.15) is 0 Å². The summed E-state index contributed by atoms with van der Waals surface area (Å²) in [6.07, 6.45) is 10.9. The number of benzene rings is 4. The quantitative estimate of drug-likeness (QED) is 0.224. The second-order valence-corrected chi connectivity index (χ2v) is 11.1. The molecule has 0 saturated heterocycles. The highest BCUT2D eigenvalue weighted by atomic mass is 16.3. The molecule has 9 rings (SSSR count). The maximum atomic E-state index is 6.66. The zero-order valence-corrected chi connectivity index (χ0v) is 22.8. The molecule has 0 amide bonds. The van der Waals surface area contributed by atoms with Gasteiger partial charge in [0.1, 0.15) is 17.3 Å². The van der Waals surface area contributed by atoms with Crippen molar-refractivity contribution in [3.05, 3.63) is 157 Å². The maximum absolute atomic E-state index is 6.66. The Balaban J connectivity index is 1.19. The number of nitrogens with zero attached hydrogens (tertiary/aromatic N) is 2. The van der Waals surface area contributed by atoms with Gasteiger partial charge in [-0.15, -0.1) is 0 Å². The van der Waals surface area contributed by atoms with Gasteiger partial charge in [-0.3, -0.25) is 4.57 Å². The number of para-hydroxylation sites is 1. The number of rotatable bonds is 3. The Kier molecular flexibility index (Phi) is 5.02. The van der Waals surface area contributed by atoms with Crippen LogP contribution in [0.5, 0.6) is 0 Å². The van der Waals surface area contributed by atoms with Gasteiger partial charge in [0.25, 0.3) is 0 Å². The van der Waals surface area contributed by atoms with Crippen molar-refractivity contribution in [3.8, 4) is 39.6 Å². The standard InChI is InChI=1S/C39H26N2O/c1-2-12-28-26(10-1)27-11-3-4-13-29(27)33-24-25(19-20-30(28)33)36-21-22-37(42-36)32-15-9-17-35-39(32)31-14-5-6-16-34(31)41(35)38-18-7-8-23-40-38/h1-24,26,28H. The lowest BCUT2D eigenvalue weighted by Gasteiger charge is -2.34. The Morgan fingerprint density at radius 2 is 1.31 bits per heavy atom. The molecule has 0 spiro atoms. The molecule has 198 valence electrons. The third-order valence-corrected chi connectivity index (χ3v) is 8.89. The lowest BCUT2D eigenvalue weighted by molar-refractivity contribution is 0.598. The molecule has 0 bridgehead atoms. The summed E-state index contributed by atoms with van der Waals surface area (Å²) in [4.78, 5) is 4.68. The highest BCUT2D eigenvalue weighted by Crippen LogP contribution is 2.50. The molecule has 3 aromatic heterocycles. The summed E-state index contributed by atoms with van der Waals surface area (Å²) in [6, 6.07) is 40.9. The van der Waals surface area contributed by atoms with Gasteiger partial charge >= 0.3 is 0 Å². The van der Waals surface area contributed by atoms with Crippen LogP contribution in [0, 0.1) is 0 Å². The molecule has 0 aliphatic heterocycles. The largest absolute Gasteiger partial charge is 0.456 e. The lowest BCUT2D eigenvalue weighted by Crippen LogP contribution is -2.16. The second kappa shape index (κ2) is 9.05. The normalized spacial score (nSPS) is 16.9. The van der Waals surface area contributed by atoms with Crippen molar-refractivity contribution in [3.63, 3.8) is 0 Å². The summed E-state index contributed by atoms with van der Waals surface area (Å²) < 4.78 is 8.90. The average molecular weight is 539 g/mol. The Hall–Kier alpha value is -5.41. The lowest BCUT2D eigenvalue weighted by atomic mass is 9.70. The monoisotopic (exact) mass is 538 g/mol. The van der Waals surface area contributed by atoms with E-state index in [2.05, 4.69) is 137 Å². The van der Waals surface area contributed by atoms with Crippen molar-refractivity contribution in [2.75, 3.05) is 0 Å². The smallest absolute Gasteiger partial charge is 0.137 e. The second-order valence-electron chi connectivity index (χ2n) is 11.1. The van der Waals surface area contributed by atoms with Gasteiger partial charge in [0.2, 0.25) is 0 Å². The summed E-state index contributed by atoms with van der Waals surface area (Å²) in [5, 5.41) is 2.35. The Morgan fingerprint density at radius 1 is 0.571 bits per heavy atom. The van der Waals surface area contributed by atoms with Crippen molar-refractivity contribution in [2.24, 2.45) is 0 Å². The maximum Gasteiger partial charge on any atom is 0.137 e. The minimum atomic E-state index is 0.357. The molecule has 3 heterocycles. The van der Waals surface area contributed by atoms with E-state index in [1.54, 1.807) is 0 Å². The van der Waals surface area contributed by atoms with Crippen LogP contribution < -0.4 is 0 Å². The zero-order chi connectivity index (χ0) is 27.6. The molecule has 2 atom stereocenters. The van der Waals surface area contributed by atoms with Crippen molar-refractivity contribution in [1.29, 1.82) is 0 Å². The molecule has 2 aliphatic carbocycles. The van der Waals surface area contributed by atoms with E-state index >= 15 is 0 Å². The predicted molar refractivity (Wildman–Crippen MR) is 171 cm³/mol. The minimum absolute atomic E-state index is 0.357. The Labute approximate surface area is 243 Å². The van der Waals surface area contributed by atoms with E-state index in [0.29, 0.717) is 11.8 Å². The van der Waals surface area contributed by atoms with Gasteiger partial charge in [-0.25, -0.2) is 4.98 Å². The van der Waals surface area contributed by atoms with Gasteiger partial charge in [-0.05, 0) is 64.7 Å². The number of aromatic nitrogens is 2. The van der Waals surface area contributed by atoms with Gasteiger partial charge in [0, 0.05) is 39.9 Å². The Morgan fingerprint density at radius 3 is 2.19 bits per heavy atom. The van der Waals surface area contributed by atoms with E-state index in [1.807, 2.05) is 18.3 Å². The topological polar surface area (TPSA) is 31.0 Å². The average Bonchev–Trinajstić information content (AvgIpc) is 3.69. The number of allylic oxidation sites excluding steroid dienone is 4. The van der Waals surface area contributed by atoms with Crippen LogP contribution in [0.4, 0.5) is 0 Å². The number of fused-ring (bicyclic) bond motifs is 9. The highest BCUT2D eigenvalue weighted by molar-refractivity contribution is 6.15. The molecular formula is C39H26N2O. The van der Waals surface area contributed by atoms with Gasteiger partial charge < -0.3 is 4.42 Å². The van der Waals surface area contributed by atoms with Crippen molar-refractivity contribution in [2.45, 2.75) is 11.8 Å². The van der Waals surface area contributed by atoms with Gasteiger partial charge in [-0.1, -0.05) is 97.1 Å². The molecule has 0 fully saturated rings. The molecule has 7 aromatic rings. The van der Waals surface area contributed by atoms with E-state index in [1.165, 1.54) is 33.0 Å². The number of pyridine rings is 1. The van der Waals surface area contributed by atoms with E-state index in [-0.39, 0.29) is 0 Å². The van der Waals surface area contributed by atoms with Crippen molar-refractivity contribution >= 4 is 21.8 Å². The first kappa shape index (κ1) is 23.3. The van der Waals surface area contributed by atoms with Gasteiger partial charge in [0.05, 0.1) is 11.0 Å². The summed E-state index contributed by atoms with van der Waals surface area (Å²) in [6.45, 7) is 0. The summed E-state index contributed by atoms with van der Waals surface area (Å²) in [5.74, 6) is 3.37. The molecule has 0 N–H and O–H groups in total. The predicted octanol–water partition coefficient (Wildman–Crippen LogP) is 10.1. The SMILES string of the molecule is C1=CC2c3ccccc3-c3cc(-c4ccc(-c5cccc6c5c5ccccc5n6-c5ccccn5)o4)ccc3C2C=C1. The van der Waals surface area contributed by atoms with Crippen molar-refractivity contribution < 1.29 is 4.42 Å². The summed E-state index contributed by atoms with van der Waals surface area (Å²) in [7, 11) is 0. The molecule has 2 unspecified atom stereocenters. The molecule has 0 radical (unpaired) electrons. The van der Waals surface area contributed by atoms with Crippen LogP contribution in [0.3, 0.4) is 0 Å². The first-order chi connectivity index (χ1) is 20.8. The Bertz CT molecular complexity index is 2210. The highest BCUT2D eigenvalue weighted by Gasteiger charge is 2.31. The minimum Gasteiger partial charge on any atom is -0.456 e.